The van der Waals surface area contributed by atoms with E-state index in [1.54, 1.807) is 44.1 Å². The Morgan fingerprint density at radius 3 is 2.28 bits per heavy atom. The molecule has 0 radical (unpaired) electrons. The van der Waals surface area contributed by atoms with Gasteiger partial charge in [0.1, 0.15) is 28.6 Å². The first-order chi connectivity index (χ1) is 23.3. The van der Waals surface area contributed by atoms with Crippen molar-refractivity contribution in [2.24, 2.45) is 23.5 Å². The average molecular weight is 704 g/mol. The molecule has 2 aromatic carbocycles. The molecule has 1 saturated carbocycles. The summed E-state index contributed by atoms with van der Waals surface area (Å²) in [6.45, 7) is -0.296. The van der Waals surface area contributed by atoms with Gasteiger partial charge in [-0.15, -0.1) is 13.2 Å². The molecule has 3 aliphatic rings. The Labute approximate surface area is 283 Å². The van der Waals surface area contributed by atoms with E-state index >= 15 is 0 Å². The standard InChI is InChI=1S/C33H36F3N5O9/c1-40(2)13-19-20-10-14-9-18-21(41(3)4)11-15(12-38-31(48)39-16-5-7-17(8-6-16)50-33(34,35)36)25(42)23(18)27(44)22(14)28(45)32(20,49)29(46)24(26(19)43)30(37)47/h5-8,11,14,19-20,42,44,46,49H,9-10,12-13H2,1-4H3,(H2,37,47)(H2,38,39,48)/t14-,19?,20-,32-/m0/s1. The van der Waals surface area contributed by atoms with Gasteiger partial charge in [0.2, 0.25) is 5.78 Å². The highest BCUT2D eigenvalue weighted by atomic mass is 19.4. The minimum atomic E-state index is -4.88. The number of Topliss-reactive ketones (excluding diaryl/α,β-unsaturated/α-hetero) is 2. The van der Waals surface area contributed by atoms with Gasteiger partial charge in [0.25, 0.3) is 5.91 Å². The van der Waals surface area contributed by atoms with E-state index in [-0.39, 0.29) is 48.3 Å². The maximum atomic E-state index is 14.2. The molecule has 50 heavy (non-hydrogen) atoms. The molecule has 2 aromatic rings. The topological polar surface area (TPSA) is 215 Å². The largest absolute Gasteiger partial charge is 0.573 e. The van der Waals surface area contributed by atoms with E-state index < -0.39 is 81.8 Å². The summed E-state index contributed by atoms with van der Waals surface area (Å²) in [6.07, 6.45) is -4.86. The number of phenolic OH excluding ortho intramolecular Hbond substituents is 1. The number of aliphatic hydroxyl groups is 3. The number of carbonyl (C=O) groups excluding carboxylic acids is 4. The Morgan fingerprint density at radius 2 is 1.72 bits per heavy atom. The summed E-state index contributed by atoms with van der Waals surface area (Å²) >= 11 is 0. The zero-order valence-corrected chi connectivity index (χ0v) is 27.4. The molecule has 14 nitrogen and oxygen atoms in total. The molecule has 3 aliphatic carbocycles. The molecular formula is C33H36F3N5O9. The number of nitrogens with zero attached hydrogens (tertiary/aromatic N) is 2. The van der Waals surface area contributed by atoms with Crippen molar-refractivity contribution >= 4 is 40.6 Å². The van der Waals surface area contributed by atoms with Crippen LogP contribution in [0, 0.1) is 17.8 Å². The number of carbonyl (C=O) groups is 4. The number of ether oxygens (including phenoxy) is 1. The van der Waals surface area contributed by atoms with Gasteiger partial charge < -0.3 is 51.3 Å². The number of aliphatic hydroxyl groups excluding tert-OH is 2. The van der Waals surface area contributed by atoms with Crippen molar-refractivity contribution in [3.8, 4) is 11.5 Å². The Kier molecular flexibility index (Phi) is 9.27. The van der Waals surface area contributed by atoms with Gasteiger partial charge in [0.15, 0.2) is 11.4 Å². The summed E-state index contributed by atoms with van der Waals surface area (Å²) in [5.41, 5.74) is 2.46. The third-order valence-corrected chi connectivity index (χ3v) is 9.22. The van der Waals surface area contributed by atoms with E-state index in [0.29, 0.717) is 11.3 Å². The zero-order valence-electron chi connectivity index (χ0n) is 27.4. The average Bonchev–Trinajstić information content (AvgIpc) is 3.00. The molecule has 17 heteroatoms. The lowest BCUT2D eigenvalue weighted by Crippen LogP contribution is -2.62. The summed E-state index contributed by atoms with van der Waals surface area (Å²) in [6, 6.07) is 5.17. The van der Waals surface area contributed by atoms with Crippen LogP contribution >= 0.6 is 0 Å². The van der Waals surface area contributed by atoms with Crippen LogP contribution in [-0.4, -0.2) is 95.5 Å². The summed E-state index contributed by atoms with van der Waals surface area (Å²) in [7, 11) is 6.71. The van der Waals surface area contributed by atoms with E-state index in [4.69, 9.17) is 5.73 Å². The number of alkyl halides is 3. The quantitative estimate of drug-likeness (QED) is 0.198. The first-order valence-corrected chi connectivity index (χ1v) is 15.3. The molecule has 0 heterocycles. The zero-order chi connectivity index (χ0) is 37.0. The van der Waals surface area contributed by atoms with Crippen molar-refractivity contribution in [1.82, 2.24) is 10.2 Å². The second-order valence-corrected chi connectivity index (χ2v) is 13.0. The van der Waals surface area contributed by atoms with Crippen LogP contribution in [0.15, 0.2) is 47.2 Å². The van der Waals surface area contributed by atoms with Crippen LogP contribution < -0.4 is 26.0 Å². The SMILES string of the molecule is CN(C)CC1C(=O)C(C(N)=O)=C(O)[C@@]2(O)C(=O)C3=C(O)c4c(O)c(CNC(=O)Nc5ccc(OC(F)(F)F)cc5)cc(N(C)C)c4C[C@H]3C[C@@H]12. The molecule has 3 amide bonds. The van der Waals surface area contributed by atoms with Crippen LogP contribution in [0.5, 0.6) is 11.5 Å². The molecule has 5 rings (SSSR count). The maximum Gasteiger partial charge on any atom is 0.573 e. The number of halogens is 3. The Hall–Kier alpha value is -5.29. The Morgan fingerprint density at radius 1 is 1.08 bits per heavy atom. The summed E-state index contributed by atoms with van der Waals surface area (Å²) in [4.78, 5) is 55.8. The van der Waals surface area contributed by atoms with Gasteiger partial charge in [0, 0.05) is 61.5 Å². The van der Waals surface area contributed by atoms with Gasteiger partial charge in [0.05, 0.1) is 5.56 Å². The number of anilines is 2. The van der Waals surface area contributed by atoms with Crippen LogP contribution in [0.1, 0.15) is 23.1 Å². The first kappa shape index (κ1) is 36.0. The highest BCUT2D eigenvalue weighted by Gasteiger charge is 2.63. The van der Waals surface area contributed by atoms with Gasteiger partial charge in [-0.05, 0) is 68.8 Å². The lowest BCUT2D eigenvalue weighted by molar-refractivity contribution is -0.274. The lowest BCUT2D eigenvalue weighted by atomic mass is 9.56. The van der Waals surface area contributed by atoms with Gasteiger partial charge in [-0.1, -0.05) is 0 Å². The monoisotopic (exact) mass is 703 g/mol. The number of benzene rings is 2. The van der Waals surface area contributed by atoms with Gasteiger partial charge >= 0.3 is 12.4 Å². The molecular weight excluding hydrogens is 667 g/mol. The molecule has 0 aliphatic heterocycles. The Balaban J connectivity index is 1.49. The van der Waals surface area contributed by atoms with Crippen LogP contribution in [0.3, 0.4) is 0 Å². The lowest BCUT2D eigenvalue weighted by Gasteiger charge is -2.49. The van der Waals surface area contributed by atoms with E-state index in [1.807, 2.05) is 0 Å². The van der Waals surface area contributed by atoms with Crippen LogP contribution in [0.4, 0.5) is 29.3 Å². The predicted octanol–water partition coefficient (Wildman–Crippen LogP) is 2.50. The second kappa shape index (κ2) is 12.9. The molecule has 0 bridgehead atoms. The van der Waals surface area contributed by atoms with E-state index in [9.17, 15) is 52.8 Å². The molecule has 0 saturated heterocycles. The van der Waals surface area contributed by atoms with Crippen LogP contribution in [-0.2, 0) is 27.3 Å². The van der Waals surface area contributed by atoms with E-state index in [2.05, 4.69) is 15.4 Å². The Bertz CT molecular complexity index is 1840. The summed E-state index contributed by atoms with van der Waals surface area (Å²) in [5.74, 6) is -9.17. The number of hydrogen-bond donors (Lipinski definition) is 7. The fourth-order valence-electron chi connectivity index (χ4n) is 7.12. The van der Waals surface area contributed by atoms with Crippen molar-refractivity contribution in [2.75, 3.05) is 45.0 Å². The van der Waals surface area contributed by atoms with Crippen LogP contribution in [0.25, 0.3) is 5.76 Å². The highest BCUT2D eigenvalue weighted by Crippen LogP contribution is 2.54. The number of nitrogens with two attached hydrogens (primary N) is 1. The molecule has 0 spiro atoms. The minimum absolute atomic E-state index is 0.0168. The maximum absolute atomic E-state index is 14.2. The van der Waals surface area contributed by atoms with Crippen molar-refractivity contribution in [3.05, 3.63) is 63.9 Å². The molecule has 1 unspecified atom stereocenters. The number of fused-ring (bicyclic) bond motifs is 3. The molecule has 0 aromatic heterocycles. The number of nitrogens with one attached hydrogen (secondary N) is 2. The van der Waals surface area contributed by atoms with Crippen molar-refractivity contribution < 1.29 is 57.5 Å². The van der Waals surface area contributed by atoms with Crippen molar-refractivity contribution in [3.63, 3.8) is 0 Å². The number of primary amides is 1. The number of phenols is 1. The fraction of sp³-hybridized carbons (Fsp3) is 0.394. The van der Waals surface area contributed by atoms with E-state index in [1.165, 1.54) is 12.1 Å². The highest BCUT2D eigenvalue weighted by molar-refractivity contribution is 6.23. The van der Waals surface area contributed by atoms with Gasteiger partial charge in [-0.3, -0.25) is 14.4 Å². The van der Waals surface area contributed by atoms with Gasteiger partial charge in [-0.2, -0.15) is 0 Å². The fourth-order valence-corrected chi connectivity index (χ4v) is 7.12. The summed E-state index contributed by atoms with van der Waals surface area (Å²) < 4.78 is 41.2. The molecule has 4 atom stereocenters. The van der Waals surface area contributed by atoms with Crippen molar-refractivity contribution in [2.45, 2.75) is 31.3 Å². The summed E-state index contributed by atoms with van der Waals surface area (Å²) in [5, 5.41) is 51.0. The molecule has 8 N–H and O–H groups in total. The first-order valence-electron chi connectivity index (χ1n) is 15.3. The number of rotatable bonds is 8. The third-order valence-electron chi connectivity index (χ3n) is 9.22. The second-order valence-electron chi connectivity index (χ2n) is 13.0. The number of urea groups is 1. The number of amides is 3. The number of ketones is 2. The third kappa shape index (κ3) is 6.29. The molecule has 1 fully saturated rings. The minimum Gasteiger partial charge on any atom is -0.508 e. The smallest absolute Gasteiger partial charge is 0.508 e. The predicted molar refractivity (Wildman–Crippen MR) is 172 cm³/mol. The number of aromatic hydroxyl groups is 1. The van der Waals surface area contributed by atoms with Crippen LogP contribution in [0.2, 0.25) is 0 Å². The number of hydrogen-bond acceptors (Lipinski definition) is 11. The van der Waals surface area contributed by atoms with Gasteiger partial charge in [-0.25, -0.2) is 4.79 Å². The normalized spacial score (nSPS) is 23.3. The molecule has 268 valence electrons. The van der Waals surface area contributed by atoms with E-state index in [0.717, 1.165) is 12.1 Å². The van der Waals surface area contributed by atoms with Crippen molar-refractivity contribution in [1.29, 1.82) is 0 Å².